The highest BCUT2D eigenvalue weighted by Crippen LogP contribution is 2.85. The van der Waals surface area contributed by atoms with Gasteiger partial charge in [0, 0.05) is 37.0 Å². The zero-order chi connectivity index (χ0) is 27.6. The summed E-state index contributed by atoms with van der Waals surface area (Å²) >= 11 is 0. The molecule has 0 aromatic carbocycles. The lowest BCUT2D eigenvalue weighted by molar-refractivity contribution is -0.249. The van der Waals surface area contributed by atoms with Gasteiger partial charge in [0.1, 0.15) is 5.72 Å². The van der Waals surface area contributed by atoms with Crippen molar-refractivity contribution in [2.75, 3.05) is 19.6 Å². The molecule has 4 nitrogen and oxygen atoms in total. The number of hydrogen-bond acceptors (Lipinski definition) is 4. The van der Waals surface area contributed by atoms with Crippen molar-refractivity contribution in [2.24, 2.45) is 56.0 Å². The van der Waals surface area contributed by atoms with Gasteiger partial charge in [0.2, 0.25) is 0 Å². The second-order valence-corrected chi connectivity index (χ2v) is 17.2. The third-order valence-electron chi connectivity index (χ3n) is 16.5. The predicted molar refractivity (Wildman–Crippen MR) is 158 cm³/mol. The maximum atomic E-state index is 7.47. The molecule has 4 saturated carbocycles. The summed E-state index contributed by atoms with van der Waals surface area (Å²) in [4.78, 5) is 0. The van der Waals surface area contributed by atoms with E-state index in [0.29, 0.717) is 33.6 Å². The average Bonchev–Trinajstić information content (AvgIpc) is 3.11. The monoisotopic (exact) mass is 527 g/mol. The Morgan fingerprint density at radius 3 is 2.24 bits per heavy atom. The predicted octanol–water partition coefficient (Wildman–Crippen LogP) is 6.87. The second kappa shape index (κ2) is 8.23. The number of ether oxygens (including phenoxy) is 1. The van der Waals surface area contributed by atoms with Gasteiger partial charge in [-0.15, -0.1) is 0 Å². The highest BCUT2D eigenvalue weighted by molar-refractivity contribution is 5.31. The van der Waals surface area contributed by atoms with Gasteiger partial charge < -0.3 is 15.8 Å². The van der Waals surface area contributed by atoms with Crippen molar-refractivity contribution in [3.8, 4) is 0 Å². The van der Waals surface area contributed by atoms with Gasteiger partial charge in [0.15, 0.2) is 0 Å². The van der Waals surface area contributed by atoms with Crippen molar-refractivity contribution in [3.63, 3.8) is 0 Å². The second-order valence-electron chi connectivity index (χ2n) is 17.2. The fraction of sp³-hybridized carbons (Fsp3) is 1.00. The van der Waals surface area contributed by atoms with E-state index in [0.717, 1.165) is 31.5 Å². The maximum Gasteiger partial charge on any atom is 0.123 e. The van der Waals surface area contributed by atoms with Crippen LogP contribution in [0.25, 0.3) is 0 Å². The number of hydrogen-bond donors (Lipinski definition) is 3. The van der Waals surface area contributed by atoms with E-state index >= 15 is 0 Å². The highest BCUT2D eigenvalue weighted by Gasteiger charge is 2.83. The Bertz CT molecular complexity index is 961. The van der Waals surface area contributed by atoms with Crippen LogP contribution in [0.15, 0.2) is 0 Å². The smallest absolute Gasteiger partial charge is 0.123 e. The highest BCUT2D eigenvalue weighted by atomic mass is 16.5. The minimum atomic E-state index is -0.132. The van der Waals surface area contributed by atoms with Gasteiger partial charge in [-0.25, -0.2) is 0 Å². The normalized spacial score (nSPS) is 61.7. The molecular weight excluding hydrogens is 466 g/mol. The lowest BCUT2D eigenvalue weighted by Crippen LogP contribution is -2.68. The first-order valence-corrected chi connectivity index (χ1v) is 16.5. The average molecular weight is 528 g/mol. The van der Waals surface area contributed by atoms with Crippen molar-refractivity contribution in [1.29, 1.82) is 0 Å². The van der Waals surface area contributed by atoms with E-state index in [1.165, 1.54) is 64.2 Å². The molecule has 0 aromatic heterocycles. The summed E-state index contributed by atoms with van der Waals surface area (Å²) in [6.07, 6.45) is 13.2. The standard InChI is InChI=1S/C34H61N3O/c1-23-10-15-34(37-21-23)24(2)33(9)31(7)17-16-28(4)26(29(31,5)22-32(33,8)38-34)12-13-27(3)20-25(36-19-18-35)11-14-30(27,28)6/h23-26,36-37H,10-22,35H2,1-9H3/t23-,24-,25?,26+,27-,28-,29-,30-,31-,32-,33+,34-/m0/s1. The summed E-state index contributed by atoms with van der Waals surface area (Å²) in [6.45, 7) is 26.6. The summed E-state index contributed by atoms with van der Waals surface area (Å²) in [5.41, 5.74) is 7.62. The minimum absolute atomic E-state index is 0.0692. The van der Waals surface area contributed by atoms with Crippen LogP contribution in [0.4, 0.5) is 0 Å². The van der Waals surface area contributed by atoms with Crippen LogP contribution in [0.2, 0.25) is 0 Å². The van der Waals surface area contributed by atoms with Gasteiger partial charge >= 0.3 is 0 Å². The Kier molecular flexibility index (Phi) is 6.06. The molecule has 2 saturated heterocycles. The van der Waals surface area contributed by atoms with Crippen LogP contribution < -0.4 is 16.4 Å². The van der Waals surface area contributed by atoms with Crippen molar-refractivity contribution in [3.05, 3.63) is 0 Å². The molecule has 0 bridgehead atoms. The molecule has 218 valence electrons. The Labute approximate surface area is 234 Å². The van der Waals surface area contributed by atoms with Crippen LogP contribution in [0, 0.1) is 50.2 Å². The largest absolute Gasteiger partial charge is 0.354 e. The first kappa shape index (κ1) is 28.0. The molecule has 4 N–H and O–H groups in total. The maximum absolute atomic E-state index is 7.47. The summed E-state index contributed by atoms with van der Waals surface area (Å²) < 4.78 is 7.47. The number of nitrogens with one attached hydrogen (secondary N) is 2. The molecule has 6 rings (SSSR count). The lowest BCUT2D eigenvalue weighted by atomic mass is 9.31. The molecule has 6 aliphatic rings. The number of fused-ring (bicyclic) bond motifs is 7. The fourth-order valence-corrected chi connectivity index (χ4v) is 13.4. The first-order chi connectivity index (χ1) is 17.6. The Balaban J connectivity index is 1.36. The van der Waals surface area contributed by atoms with Gasteiger partial charge in [0.05, 0.1) is 5.60 Å². The molecule has 12 atom stereocenters. The molecule has 0 aromatic rings. The molecule has 0 amide bonds. The zero-order valence-corrected chi connectivity index (χ0v) is 26.5. The Morgan fingerprint density at radius 2 is 1.58 bits per heavy atom. The summed E-state index contributed by atoms with van der Waals surface area (Å²) in [7, 11) is 0. The van der Waals surface area contributed by atoms with Gasteiger partial charge in [0.25, 0.3) is 0 Å². The van der Waals surface area contributed by atoms with E-state index in [1.807, 2.05) is 0 Å². The number of nitrogens with two attached hydrogens (primary N) is 1. The molecule has 38 heavy (non-hydrogen) atoms. The fourth-order valence-electron chi connectivity index (χ4n) is 13.4. The third-order valence-corrected chi connectivity index (χ3v) is 16.5. The molecular formula is C34H61N3O. The van der Waals surface area contributed by atoms with Gasteiger partial charge in [-0.3, -0.25) is 5.32 Å². The van der Waals surface area contributed by atoms with E-state index in [9.17, 15) is 0 Å². The molecule has 0 radical (unpaired) electrons. The van der Waals surface area contributed by atoms with Crippen LogP contribution in [0.1, 0.15) is 127 Å². The molecule has 2 aliphatic heterocycles. The van der Waals surface area contributed by atoms with Crippen LogP contribution >= 0.6 is 0 Å². The van der Waals surface area contributed by atoms with Gasteiger partial charge in [-0.05, 0) is 110 Å². The molecule has 2 heterocycles. The van der Waals surface area contributed by atoms with E-state index in [4.69, 9.17) is 10.5 Å². The van der Waals surface area contributed by atoms with E-state index in [-0.39, 0.29) is 22.2 Å². The van der Waals surface area contributed by atoms with Crippen molar-refractivity contribution in [1.82, 2.24) is 10.6 Å². The molecule has 1 unspecified atom stereocenters. The topological polar surface area (TPSA) is 59.3 Å². The quantitative estimate of drug-likeness (QED) is 0.375. The molecule has 4 aliphatic carbocycles. The zero-order valence-electron chi connectivity index (χ0n) is 26.5. The molecule has 4 heteroatoms. The first-order valence-electron chi connectivity index (χ1n) is 16.5. The van der Waals surface area contributed by atoms with Crippen LogP contribution in [0.5, 0.6) is 0 Å². The van der Waals surface area contributed by atoms with Crippen molar-refractivity contribution < 1.29 is 4.74 Å². The molecule has 1 spiro atoms. The SMILES string of the molecule is C[C@H]1CC[C@]2(NC1)O[C@@]1(C)C[C@@]3(C)[C@@H]4CC[C@@]5(C)CC(NCCN)CC[C@]5(C)[C@@]4(C)CC[C@]3(C)[C@@]1(C)[C@@H]2C. The van der Waals surface area contributed by atoms with Crippen LogP contribution in [-0.4, -0.2) is 37.0 Å². The van der Waals surface area contributed by atoms with Crippen molar-refractivity contribution in [2.45, 2.75) is 144 Å². The van der Waals surface area contributed by atoms with Crippen molar-refractivity contribution >= 4 is 0 Å². The summed E-state index contributed by atoms with van der Waals surface area (Å²) in [6, 6.07) is 0.640. The van der Waals surface area contributed by atoms with Crippen LogP contribution in [0.3, 0.4) is 0 Å². The summed E-state index contributed by atoms with van der Waals surface area (Å²) in [5.74, 6) is 2.05. The van der Waals surface area contributed by atoms with Crippen LogP contribution in [-0.2, 0) is 4.74 Å². The van der Waals surface area contributed by atoms with Gasteiger partial charge in [-0.2, -0.15) is 0 Å². The minimum Gasteiger partial charge on any atom is -0.354 e. The Hall–Kier alpha value is -0.160. The van der Waals surface area contributed by atoms with E-state index < -0.39 is 0 Å². The molecule has 6 fully saturated rings. The lowest BCUT2D eigenvalue weighted by Gasteiger charge is -2.73. The van der Waals surface area contributed by atoms with E-state index in [2.05, 4.69) is 72.9 Å². The number of piperidine rings is 1. The summed E-state index contributed by atoms with van der Waals surface area (Å²) in [5, 5.41) is 7.80. The third kappa shape index (κ3) is 2.98. The van der Waals surface area contributed by atoms with Gasteiger partial charge in [-0.1, -0.05) is 55.4 Å². The number of rotatable bonds is 3. The Morgan fingerprint density at radius 1 is 0.842 bits per heavy atom. The van der Waals surface area contributed by atoms with E-state index in [1.54, 1.807) is 0 Å².